The largest absolute Gasteiger partial charge is 0.494 e. The predicted molar refractivity (Wildman–Crippen MR) is 94.6 cm³/mol. The minimum Gasteiger partial charge on any atom is -0.494 e. The number of aliphatic carboxylic acids is 1. The van der Waals surface area contributed by atoms with E-state index in [4.69, 9.17) is 9.84 Å². The minimum absolute atomic E-state index is 0.116. The van der Waals surface area contributed by atoms with Gasteiger partial charge in [-0.05, 0) is 24.1 Å². The average Bonchev–Trinajstić information content (AvgIpc) is 3.18. The Morgan fingerprint density at radius 3 is 2.96 bits per heavy atom. The van der Waals surface area contributed by atoms with Crippen molar-refractivity contribution in [2.45, 2.75) is 19.3 Å². The van der Waals surface area contributed by atoms with Crippen molar-refractivity contribution < 1.29 is 14.6 Å². The normalized spacial score (nSPS) is 11.8. The zero-order valence-corrected chi connectivity index (χ0v) is 13.7. The zero-order valence-electron chi connectivity index (χ0n) is 13.7. The Hall–Kier alpha value is -3.08. The van der Waals surface area contributed by atoms with E-state index < -0.39 is 5.97 Å². The van der Waals surface area contributed by atoms with Gasteiger partial charge in [0.15, 0.2) is 0 Å². The predicted octanol–water partition coefficient (Wildman–Crippen LogP) is 3.89. The molecule has 25 heavy (non-hydrogen) atoms. The Kier molecular flexibility index (Phi) is 3.98. The van der Waals surface area contributed by atoms with Gasteiger partial charge in [0, 0.05) is 29.5 Å². The van der Waals surface area contributed by atoms with Crippen LogP contribution < -0.4 is 4.74 Å². The second kappa shape index (κ2) is 6.43. The smallest absolute Gasteiger partial charge is 0.303 e. The summed E-state index contributed by atoms with van der Waals surface area (Å²) in [6, 6.07) is 16.2. The van der Waals surface area contributed by atoms with Gasteiger partial charge in [0.25, 0.3) is 0 Å². The topological polar surface area (TPSA) is 75.2 Å². The van der Waals surface area contributed by atoms with Crippen molar-refractivity contribution >= 4 is 5.97 Å². The van der Waals surface area contributed by atoms with Crippen LogP contribution in [0, 0.1) is 0 Å². The fourth-order valence-electron chi connectivity index (χ4n) is 3.25. The first kappa shape index (κ1) is 15.4. The second-order valence-electron chi connectivity index (χ2n) is 6.13. The van der Waals surface area contributed by atoms with E-state index in [-0.39, 0.29) is 6.42 Å². The van der Waals surface area contributed by atoms with E-state index in [9.17, 15) is 4.79 Å². The summed E-state index contributed by atoms with van der Waals surface area (Å²) >= 11 is 0. The number of nitrogens with zero attached hydrogens (tertiary/aromatic N) is 1. The Bertz CT molecular complexity index is 930. The van der Waals surface area contributed by atoms with Crippen molar-refractivity contribution in [2.24, 2.45) is 0 Å². The standard InChI is InChI=1S/C20H18N2O3/c23-18(24)9-4-10-25-15-7-3-6-14(11-15)19-17-12-13-5-1-2-8-16(13)20(17)22-21-19/h1-3,5-8,11H,4,9-10,12H2,(H,21,22)(H,23,24). The van der Waals surface area contributed by atoms with Crippen molar-refractivity contribution in [2.75, 3.05) is 6.61 Å². The molecule has 2 aromatic carbocycles. The van der Waals surface area contributed by atoms with Crippen LogP contribution in [0.15, 0.2) is 48.5 Å². The summed E-state index contributed by atoms with van der Waals surface area (Å²) in [6.07, 6.45) is 1.48. The fourth-order valence-corrected chi connectivity index (χ4v) is 3.25. The van der Waals surface area contributed by atoms with E-state index in [1.54, 1.807) is 0 Å². The molecule has 0 amide bonds. The lowest BCUT2D eigenvalue weighted by Gasteiger charge is -2.07. The van der Waals surface area contributed by atoms with Gasteiger partial charge >= 0.3 is 5.97 Å². The van der Waals surface area contributed by atoms with Crippen molar-refractivity contribution in [1.82, 2.24) is 10.2 Å². The minimum atomic E-state index is -0.802. The highest BCUT2D eigenvalue weighted by atomic mass is 16.5. The van der Waals surface area contributed by atoms with Crippen LogP contribution in [0.5, 0.6) is 5.75 Å². The molecule has 1 aromatic heterocycles. The van der Waals surface area contributed by atoms with E-state index in [0.29, 0.717) is 13.0 Å². The second-order valence-corrected chi connectivity index (χ2v) is 6.13. The van der Waals surface area contributed by atoms with Gasteiger partial charge in [-0.3, -0.25) is 9.89 Å². The maximum atomic E-state index is 10.6. The number of benzene rings is 2. The highest BCUT2D eigenvalue weighted by Gasteiger charge is 2.24. The molecular weight excluding hydrogens is 316 g/mol. The number of hydrogen-bond acceptors (Lipinski definition) is 3. The number of H-pyrrole nitrogens is 1. The molecule has 0 fully saturated rings. The number of aromatic amines is 1. The Labute approximate surface area is 145 Å². The van der Waals surface area contributed by atoms with Crippen molar-refractivity contribution in [3.05, 3.63) is 59.7 Å². The maximum absolute atomic E-state index is 10.6. The van der Waals surface area contributed by atoms with Gasteiger partial charge in [-0.25, -0.2) is 0 Å². The first-order valence-corrected chi connectivity index (χ1v) is 8.33. The Morgan fingerprint density at radius 1 is 1.20 bits per heavy atom. The number of carbonyl (C=O) groups is 1. The van der Waals surface area contributed by atoms with Crippen LogP contribution in [0.1, 0.15) is 24.0 Å². The first-order valence-electron chi connectivity index (χ1n) is 8.33. The maximum Gasteiger partial charge on any atom is 0.303 e. The van der Waals surface area contributed by atoms with Gasteiger partial charge < -0.3 is 9.84 Å². The third-order valence-corrected chi connectivity index (χ3v) is 4.43. The van der Waals surface area contributed by atoms with Crippen molar-refractivity contribution in [3.8, 4) is 28.3 Å². The molecule has 0 atom stereocenters. The summed E-state index contributed by atoms with van der Waals surface area (Å²) in [6.45, 7) is 0.389. The molecule has 2 N–H and O–H groups in total. The summed E-state index contributed by atoms with van der Waals surface area (Å²) in [5.41, 5.74) is 6.79. The number of hydrogen-bond donors (Lipinski definition) is 2. The lowest BCUT2D eigenvalue weighted by atomic mass is 10.1. The van der Waals surface area contributed by atoms with Gasteiger partial charge in [-0.1, -0.05) is 36.4 Å². The van der Waals surface area contributed by atoms with Gasteiger partial charge in [-0.2, -0.15) is 5.10 Å². The molecule has 3 aromatic rings. The molecule has 126 valence electrons. The number of carboxylic acids is 1. The van der Waals surface area contributed by atoms with Crippen LogP contribution in [0.4, 0.5) is 0 Å². The van der Waals surface area contributed by atoms with E-state index in [2.05, 4.69) is 28.4 Å². The summed E-state index contributed by atoms with van der Waals surface area (Å²) in [4.78, 5) is 10.6. The molecular formula is C20H18N2O3. The van der Waals surface area contributed by atoms with Gasteiger partial charge in [0.05, 0.1) is 18.0 Å². The number of ether oxygens (including phenoxy) is 1. The lowest BCUT2D eigenvalue weighted by molar-refractivity contribution is -0.137. The fraction of sp³-hybridized carbons (Fsp3) is 0.200. The van der Waals surface area contributed by atoms with Crippen LogP contribution in [0.25, 0.3) is 22.5 Å². The van der Waals surface area contributed by atoms with Crippen LogP contribution in [-0.2, 0) is 11.2 Å². The van der Waals surface area contributed by atoms with E-state index in [1.165, 1.54) is 16.7 Å². The monoisotopic (exact) mass is 334 g/mol. The van der Waals surface area contributed by atoms with Crippen molar-refractivity contribution in [3.63, 3.8) is 0 Å². The van der Waals surface area contributed by atoms with Gasteiger partial charge in [0.1, 0.15) is 5.75 Å². The highest BCUT2D eigenvalue weighted by Crippen LogP contribution is 2.40. The van der Waals surface area contributed by atoms with Crippen LogP contribution >= 0.6 is 0 Å². The number of carboxylic acid groups (broad SMARTS) is 1. The van der Waals surface area contributed by atoms with E-state index in [1.807, 2.05) is 30.3 Å². The number of rotatable bonds is 6. The first-order chi connectivity index (χ1) is 12.2. The molecule has 1 heterocycles. The quantitative estimate of drug-likeness (QED) is 0.525. The molecule has 0 radical (unpaired) electrons. The summed E-state index contributed by atoms with van der Waals surface area (Å²) in [5, 5.41) is 16.4. The number of fused-ring (bicyclic) bond motifs is 3. The molecule has 1 aliphatic rings. The number of aromatic nitrogens is 2. The lowest BCUT2D eigenvalue weighted by Crippen LogP contribution is -2.02. The molecule has 0 spiro atoms. The van der Waals surface area contributed by atoms with E-state index in [0.717, 1.165) is 29.1 Å². The molecule has 0 saturated heterocycles. The molecule has 4 rings (SSSR count). The van der Waals surface area contributed by atoms with Gasteiger partial charge in [-0.15, -0.1) is 0 Å². The Balaban J connectivity index is 1.55. The summed E-state index contributed by atoms with van der Waals surface area (Å²) in [7, 11) is 0. The van der Waals surface area contributed by atoms with Crippen LogP contribution in [0.3, 0.4) is 0 Å². The third kappa shape index (κ3) is 3.01. The molecule has 0 saturated carbocycles. The van der Waals surface area contributed by atoms with Crippen LogP contribution in [-0.4, -0.2) is 27.9 Å². The number of nitrogens with one attached hydrogen (secondary N) is 1. The molecule has 0 bridgehead atoms. The van der Waals surface area contributed by atoms with Crippen molar-refractivity contribution in [1.29, 1.82) is 0 Å². The molecule has 5 nitrogen and oxygen atoms in total. The molecule has 5 heteroatoms. The molecule has 0 unspecified atom stereocenters. The Morgan fingerprint density at radius 2 is 2.08 bits per heavy atom. The zero-order chi connectivity index (χ0) is 17.2. The summed E-state index contributed by atoms with van der Waals surface area (Å²) in [5.74, 6) is -0.0702. The van der Waals surface area contributed by atoms with Crippen LogP contribution in [0.2, 0.25) is 0 Å². The average molecular weight is 334 g/mol. The van der Waals surface area contributed by atoms with Gasteiger partial charge in [0.2, 0.25) is 0 Å². The summed E-state index contributed by atoms with van der Waals surface area (Å²) < 4.78 is 5.68. The van der Waals surface area contributed by atoms with E-state index >= 15 is 0 Å². The SMILES string of the molecule is O=C(O)CCCOc1cccc(-c2n[nH]c3c2Cc2ccccc2-3)c1. The molecule has 0 aliphatic heterocycles. The third-order valence-electron chi connectivity index (χ3n) is 4.43. The molecule has 1 aliphatic carbocycles. The highest BCUT2D eigenvalue weighted by molar-refractivity contribution is 5.81.